The van der Waals surface area contributed by atoms with Crippen LogP contribution in [-0.2, 0) is 17.8 Å². The average molecular weight is 339 g/mol. The highest BCUT2D eigenvalue weighted by Crippen LogP contribution is 2.17. The van der Waals surface area contributed by atoms with E-state index < -0.39 is 6.09 Å². The molecule has 0 spiro atoms. The summed E-state index contributed by atoms with van der Waals surface area (Å²) in [4.78, 5) is 18.8. The summed E-state index contributed by atoms with van der Waals surface area (Å²) in [6, 6.07) is 15.8. The molecule has 0 unspecified atom stereocenters. The van der Waals surface area contributed by atoms with Crippen LogP contribution in [0.5, 0.6) is 0 Å². The number of hydrogen-bond donors (Lipinski definition) is 1. The van der Waals surface area contributed by atoms with Gasteiger partial charge in [-0.25, -0.2) is 9.78 Å². The molecule has 1 fully saturated rings. The second kappa shape index (κ2) is 9.06. The van der Waals surface area contributed by atoms with E-state index in [1.807, 2.05) is 42.5 Å². The summed E-state index contributed by atoms with van der Waals surface area (Å²) >= 11 is 0. The van der Waals surface area contributed by atoms with Gasteiger partial charge in [0.05, 0.1) is 0 Å². The van der Waals surface area contributed by atoms with E-state index in [9.17, 15) is 4.79 Å². The zero-order valence-electron chi connectivity index (χ0n) is 14.5. The van der Waals surface area contributed by atoms with Crippen molar-refractivity contribution in [2.75, 3.05) is 24.5 Å². The Morgan fingerprint density at radius 1 is 1.04 bits per heavy atom. The summed E-state index contributed by atoms with van der Waals surface area (Å²) in [5, 5.41) is 2.79. The molecule has 1 N–H and O–H groups in total. The van der Waals surface area contributed by atoms with Crippen LogP contribution in [0.15, 0.2) is 48.5 Å². The molecule has 5 nitrogen and oxygen atoms in total. The quantitative estimate of drug-likeness (QED) is 0.874. The predicted molar refractivity (Wildman–Crippen MR) is 98.6 cm³/mol. The molecule has 1 saturated heterocycles. The van der Waals surface area contributed by atoms with Crippen LogP contribution >= 0.6 is 0 Å². The van der Waals surface area contributed by atoms with Crippen molar-refractivity contribution in [3.8, 4) is 0 Å². The third-order valence-corrected chi connectivity index (χ3v) is 4.34. The number of ether oxygens (including phenoxy) is 1. The lowest BCUT2D eigenvalue weighted by atomic mass is 10.1. The van der Waals surface area contributed by atoms with E-state index >= 15 is 0 Å². The van der Waals surface area contributed by atoms with Crippen LogP contribution in [0.1, 0.15) is 30.5 Å². The van der Waals surface area contributed by atoms with Gasteiger partial charge >= 0.3 is 6.09 Å². The number of hydrogen-bond acceptors (Lipinski definition) is 4. The number of pyridine rings is 1. The zero-order valence-corrected chi connectivity index (χ0v) is 14.5. The minimum absolute atomic E-state index is 0.287. The number of benzene rings is 1. The zero-order chi connectivity index (χ0) is 17.3. The molecule has 0 atom stereocenters. The molecule has 1 aliphatic rings. The fourth-order valence-electron chi connectivity index (χ4n) is 2.97. The number of carbonyl (C=O) groups is 1. The van der Waals surface area contributed by atoms with Crippen molar-refractivity contribution < 1.29 is 9.53 Å². The van der Waals surface area contributed by atoms with Crippen molar-refractivity contribution in [3.05, 3.63) is 59.8 Å². The van der Waals surface area contributed by atoms with Gasteiger partial charge in [-0.3, -0.25) is 0 Å². The van der Waals surface area contributed by atoms with Gasteiger partial charge in [-0.05, 0) is 37.0 Å². The number of nitrogens with zero attached hydrogens (tertiary/aromatic N) is 2. The number of anilines is 1. The van der Waals surface area contributed by atoms with Crippen molar-refractivity contribution in [1.29, 1.82) is 0 Å². The number of piperidine rings is 1. The fraction of sp³-hybridized carbons (Fsp3) is 0.400. The third kappa shape index (κ3) is 5.48. The van der Waals surface area contributed by atoms with E-state index in [1.54, 1.807) is 0 Å². The van der Waals surface area contributed by atoms with E-state index in [0.717, 1.165) is 30.2 Å². The molecular weight excluding hydrogens is 314 g/mol. The second-order valence-corrected chi connectivity index (χ2v) is 6.27. The lowest BCUT2D eigenvalue weighted by Gasteiger charge is -2.27. The summed E-state index contributed by atoms with van der Waals surface area (Å²) in [6.07, 6.45) is 4.09. The molecule has 2 heterocycles. The number of alkyl carbamates (subject to hydrolysis) is 1. The number of nitrogens with one attached hydrogen (secondary N) is 1. The van der Waals surface area contributed by atoms with Crippen molar-refractivity contribution in [1.82, 2.24) is 10.3 Å². The molecule has 5 heteroatoms. The van der Waals surface area contributed by atoms with Gasteiger partial charge in [-0.1, -0.05) is 36.4 Å². The molecule has 0 saturated carbocycles. The molecule has 1 aromatic carbocycles. The summed E-state index contributed by atoms with van der Waals surface area (Å²) < 4.78 is 5.21. The Hall–Kier alpha value is -2.56. The maximum atomic E-state index is 11.8. The molecule has 1 aliphatic heterocycles. The first kappa shape index (κ1) is 17.3. The Bertz CT molecular complexity index is 670. The monoisotopic (exact) mass is 339 g/mol. The molecule has 3 rings (SSSR count). The van der Waals surface area contributed by atoms with E-state index in [1.165, 1.54) is 19.3 Å². The van der Waals surface area contributed by atoms with Crippen LogP contribution in [0.2, 0.25) is 0 Å². The van der Waals surface area contributed by atoms with Crippen molar-refractivity contribution >= 4 is 11.9 Å². The second-order valence-electron chi connectivity index (χ2n) is 6.27. The van der Waals surface area contributed by atoms with Gasteiger partial charge in [0.1, 0.15) is 12.4 Å². The minimum atomic E-state index is -0.393. The van der Waals surface area contributed by atoms with Crippen molar-refractivity contribution in [3.63, 3.8) is 0 Å². The standard InChI is InChI=1S/C20H25N3O2/c24-20(25-16-17-8-3-1-4-9-17)21-13-12-18-10-7-11-19(22-18)23-14-5-2-6-15-23/h1,3-4,7-11H,2,5-6,12-16H2,(H,21,24). The van der Waals surface area contributed by atoms with Crippen molar-refractivity contribution in [2.45, 2.75) is 32.3 Å². The lowest BCUT2D eigenvalue weighted by Crippen LogP contribution is -2.30. The number of amides is 1. The molecular formula is C20H25N3O2. The summed E-state index contributed by atoms with van der Waals surface area (Å²) in [6.45, 7) is 2.97. The molecule has 0 aliphatic carbocycles. The predicted octanol–water partition coefficient (Wildman–Crippen LogP) is 3.54. The van der Waals surface area contributed by atoms with E-state index in [2.05, 4.69) is 16.3 Å². The Labute approximate surface area is 149 Å². The molecule has 0 bridgehead atoms. The van der Waals surface area contributed by atoms with Gasteiger partial charge in [-0.15, -0.1) is 0 Å². The van der Waals surface area contributed by atoms with E-state index in [4.69, 9.17) is 9.72 Å². The molecule has 0 radical (unpaired) electrons. The van der Waals surface area contributed by atoms with E-state index in [0.29, 0.717) is 13.0 Å². The van der Waals surface area contributed by atoms with Crippen LogP contribution in [0.25, 0.3) is 0 Å². The molecule has 1 amide bonds. The minimum Gasteiger partial charge on any atom is -0.445 e. The van der Waals surface area contributed by atoms with Crippen LogP contribution in [0.4, 0.5) is 10.6 Å². The largest absolute Gasteiger partial charge is 0.445 e. The van der Waals surface area contributed by atoms with Crippen molar-refractivity contribution in [2.24, 2.45) is 0 Å². The SMILES string of the molecule is O=C(NCCc1cccc(N2CCCCC2)n1)OCc1ccccc1. The topological polar surface area (TPSA) is 54.5 Å². The van der Waals surface area contributed by atoms with Gasteiger partial charge in [0.15, 0.2) is 0 Å². The summed E-state index contributed by atoms with van der Waals surface area (Å²) in [7, 11) is 0. The molecule has 2 aromatic rings. The number of carbonyl (C=O) groups excluding carboxylic acids is 1. The fourth-order valence-corrected chi connectivity index (χ4v) is 2.97. The van der Waals surface area contributed by atoms with Gasteiger partial charge in [-0.2, -0.15) is 0 Å². The normalized spacial score (nSPS) is 14.2. The third-order valence-electron chi connectivity index (χ3n) is 4.34. The highest BCUT2D eigenvalue weighted by Gasteiger charge is 2.12. The lowest BCUT2D eigenvalue weighted by molar-refractivity contribution is 0.140. The van der Waals surface area contributed by atoms with Crippen LogP contribution in [-0.4, -0.2) is 30.7 Å². The van der Waals surface area contributed by atoms with Gasteiger partial charge < -0.3 is 15.0 Å². The smallest absolute Gasteiger partial charge is 0.407 e. The number of rotatable bonds is 6. The first-order valence-electron chi connectivity index (χ1n) is 8.97. The van der Waals surface area contributed by atoms with Gasteiger partial charge in [0, 0.05) is 31.7 Å². The molecule has 1 aromatic heterocycles. The Balaban J connectivity index is 1.41. The summed E-state index contributed by atoms with van der Waals surface area (Å²) in [5.74, 6) is 1.05. The molecule has 132 valence electrons. The number of aromatic nitrogens is 1. The van der Waals surface area contributed by atoms with Gasteiger partial charge in [0.25, 0.3) is 0 Å². The maximum absolute atomic E-state index is 11.8. The Morgan fingerprint density at radius 2 is 1.84 bits per heavy atom. The van der Waals surface area contributed by atoms with Crippen LogP contribution in [0, 0.1) is 0 Å². The molecule has 25 heavy (non-hydrogen) atoms. The van der Waals surface area contributed by atoms with E-state index in [-0.39, 0.29) is 6.61 Å². The van der Waals surface area contributed by atoms with Crippen LogP contribution < -0.4 is 10.2 Å². The Morgan fingerprint density at radius 3 is 2.64 bits per heavy atom. The van der Waals surface area contributed by atoms with Gasteiger partial charge in [0.2, 0.25) is 0 Å². The highest BCUT2D eigenvalue weighted by molar-refractivity contribution is 5.67. The Kier molecular flexibility index (Phi) is 6.26. The summed E-state index contributed by atoms with van der Waals surface area (Å²) in [5.41, 5.74) is 1.97. The maximum Gasteiger partial charge on any atom is 0.407 e. The first-order chi connectivity index (χ1) is 12.3. The van der Waals surface area contributed by atoms with Crippen LogP contribution in [0.3, 0.4) is 0 Å². The highest BCUT2D eigenvalue weighted by atomic mass is 16.5. The average Bonchev–Trinajstić information content (AvgIpc) is 2.68. The first-order valence-corrected chi connectivity index (χ1v) is 8.97.